The summed E-state index contributed by atoms with van der Waals surface area (Å²) in [6.45, 7) is 3.64. The molecule has 7 heterocycles. The number of alkyl halides is 2. The average Bonchev–Trinajstić information content (AvgIpc) is 0.786. The van der Waals surface area contributed by atoms with E-state index in [1.54, 1.807) is 85.3 Å². The van der Waals surface area contributed by atoms with Crippen molar-refractivity contribution in [2.24, 2.45) is 0 Å². The van der Waals surface area contributed by atoms with Crippen molar-refractivity contribution in [3.05, 3.63) is 258 Å². The molecule has 7 aromatic heterocycles. The first-order valence-corrected chi connectivity index (χ1v) is 44.9. The fourth-order valence-electron chi connectivity index (χ4n) is 14.0. The molecule has 4 aromatic carbocycles. The number of halogens is 8. The minimum atomic E-state index is -0.556. The van der Waals surface area contributed by atoms with Gasteiger partial charge in [0.25, 0.3) is 22.5 Å². The Morgan fingerprint density at radius 3 is 1.08 bits per heavy atom. The van der Waals surface area contributed by atoms with Crippen LogP contribution < -0.4 is 35.5 Å². The molecule has 4 aliphatic carbocycles. The van der Waals surface area contributed by atoms with Crippen molar-refractivity contribution in [1.82, 2.24) is 41.2 Å². The van der Waals surface area contributed by atoms with E-state index in [-0.39, 0.29) is 80.7 Å². The zero-order chi connectivity index (χ0) is 82.0. The molecule has 4 saturated carbocycles. The summed E-state index contributed by atoms with van der Waals surface area (Å²) in [5.41, 5.74) is 7.77. The Kier molecular flexibility index (Phi) is 41.2. The summed E-state index contributed by atoms with van der Waals surface area (Å²) >= 11 is 34.5. The number of carbonyl (C=O) groups is 4. The second-order valence-electron chi connectivity index (χ2n) is 27.6. The number of benzene rings is 4. The quantitative estimate of drug-likeness (QED) is 0.0135. The van der Waals surface area contributed by atoms with Crippen LogP contribution in [0.4, 0.5) is 0 Å². The van der Waals surface area contributed by atoms with E-state index in [0.29, 0.717) is 69.8 Å². The minimum absolute atomic E-state index is 0. The van der Waals surface area contributed by atoms with Crippen LogP contribution in [0.25, 0.3) is 43.6 Å². The molecular weight excluding hydrogens is 1800 g/mol. The molecule has 4 aliphatic rings. The second-order valence-corrected chi connectivity index (χ2v) is 31.3. The maximum absolute atomic E-state index is 12.9. The molecule has 31 heteroatoms. The van der Waals surface area contributed by atoms with Crippen molar-refractivity contribution in [2.75, 3.05) is 5.34 Å². The third-order valence-corrected chi connectivity index (χ3v) is 21.8. The number of pyridine rings is 7. The van der Waals surface area contributed by atoms with Crippen molar-refractivity contribution in [1.29, 1.82) is 0 Å². The third-order valence-electron chi connectivity index (χ3n) is 19.9. The molecule has 11 aromatic rings. The Labute approximate surface area is 738 Å². The molecule has 117 heavy (non-hydrogen) atoms. The van der Waals surface area contributed by atoms with Crippen LogP contribution in [0.2, 0.25) is 15.5 Å². The van der Waals surface area contributed by atoms with Gasteiger partial charge in [0.1, 0.15) is 21.2 Å². The van der Waals surface area contributed by atoms with E-state index in [1.165, 1.54) is 0 Å². The molecule has 4 amide bonds. The van der Waals surface area contributed by atoms with Gasteiger partial charge in [0.05, 0.1) is 75.6 Å². The summed E-state index contributed by atoms with van der Waals surface area (Å²) in [5.74, 6) is -1.42. The van der Waals surface area contributed by atoms with E-state index in [0.717, 1.165) is 179 Å². The fraction of sp³-hybridized carbons (Fsp3) is 0.349. The molecule has 0 aliphatic heterocycles. The number of fused-ring (bicyclic) bond motifs is 4. The number of nitrogens with one attached hydrogen (secondary N) is 4. The number of hydrogen-bond acceptors (Lipinski definition) is 15. The summed E-state index contributed by atoms with van der Waals surface area (Å²) in [7, 11) is 4.76. The van der Waals surface area contributed by atoms with Crippen LogP contribution in [0.1, 0.15) is 195 Å². The number of para-hydroxylation sites is 4. The van der Waals surface area contributed by atoms with Crippen LogP contribution in [0.5, 0.6) is 0 Å². The van der Waals surface area contributed by atoms with Gasteiger partial charge in [-0.1, -0.05) is 203 Å². The number of rotatable bonds is 12. The first-order valence-electron chi connectivity index (χ1n) is 37.2. The van der Waals surface area contributed by atoms with E-state index in [9.17, 15) is 55.2 Å². The van der Waals surface area contributed by atoms with Gasteiger partial charge in [0, 0.05) is 90.2 Å². The summed E-state index contributed by atoms with van der Waals surface area (Å²) < 4.78 is 4.32. The van der Waals surface area contributed by atoms with Crippen molar-refractivity contribution in [2.45, 2.75) is 186 Å². The summed E-state index contributed by atoms with van der Waals surface area (Å²) in [6.07, 6.45) is 17.8. The number of hydrogen-bond donors (Lipinski definition) is 11. The van der Waals surface area contributed by atoms with Crippen molar-refractivity contribution < 1.29 is 86.7 Å². The normalized spacial score (nSPS) is 18.4. The standard InChI is InChI=1S/2C22H22ClN3O3.C16H17BrN2O3.C16H17BrN2O2.C6H5ClN.CH2Cl2.3CH4.ClH.Zn/c2*23-21-10-9-14(13-24-21)11-15-12-19(26(29)18-7-3-1-5-16(15)18)22(28)25-17-6-2-4-8-20(17)27;17-11-9-14(19(22)13-7-3-1-5-10(11)13)16(21)18-12-6-2-4-8-15(12)20;17-11-9-14(18-12-6-2-1-5-10(11)12)16(21)19-13-7-3-4-8-15(13)20;1-5-2-3-6(7)8-4-5;2-1-3;;;;;/h2*1,3,5,7,9-10,12-13,17,20,27H,2,4,6,8,11H2,(H-,25,28,29);1,3,5,7,9,12,15,20H,2,4,6,8H2,(H-,18,21,22);1-2,5-6,9,13,15,20H,3-4,7-8H2,(H,19,21);2-4H,1H2;1H2;3*1H4;1H;/q;;;;-1;;;;;;+2/p+2/t2*17-,20-;12-,15-;13-,15-;;;;;;;/m0000......./s1. The van der Waals surface area contributed by atoms with Crippen molar-refractivity contribution in [3.8, 4) is 0 Å². The van der Waals surface area contributed by atoms with E-state index < -0.39 is 36.2 Å². The Morgan fingerprint density at radius 2 is 0.726 bits per heavy atom. The van der Waals surface area contributed by atoms with Gasteiger partial charge in [-0.15, -0.1) is 23.2 Å². The first kappa shape index (κ1) is 98.1. The zero-order valence-corrected chi connectivity index (χ0v) is 72.8. The Bertz CT molecular complexity index is 4870. The SMILES string of the molecule is C.C.C.ClCCl.O=C(N[C@H]1CCCC[C@@H]1O)c1cc(Br)c2ccccc2[n+]1O.O=C(N[C@H]1CCCC[C@@H]1O)c1cc(Br)c2ccccc2n1.O=C(N[C@H]1CCCC[C@@H]1O)c1cc(Cc2ccc(Cl)nc2)c2ccccc2[n+]1O.O=C(N[C@H]1CCCC[C@@H]1O)c1cc(Cc2ccc(Cl)nc2)c2ccccc2[n+]1O.[CH2-]c1ccc(Cl)nc1.[Cl][Zn+]. The molecule has 11 N–H and O–H groups in total. The van der Waals surface area contributed by atoms with Gasteiger partial charge in [0.2, 0.25) is 0 Å². The number of amides is 4. The van der Waals surface area contributed by atoms with Crippen LogP contribution >= 0.6 is 99.6 Å². The second kappa shape index (κ2) is 49.1. The fourth-order valence-corrected chi connectivity index (χ4v) is 15.4. The molecule has 0 radical (unpaired) electrons. The molecule has 0 spiro atoms. The molecule has 8 atom stereocenters. The van der Waals surface area contributed by atoms with Gasteiger partial charge < -0.3 is 46.7 Å². The van der Waals surface area contributed by atoms with Gasteiger partial charge >= 0.3 is 61.8 Å². The number of nitrogens with zero attached hydrogens (tertiary/aromatic N) is 7. The van der Waals surface area contributed by atoms with Crippen LogP contribution in [0.3, 0.4) is 0 Å². The van der Waals surface area contributed by atoms with Crippen molar-refractivity contribution in [3.63, 3.8) is 0 Å². The number of carbonyl (C=O) groups excluding carboxylic acids is 4. The number of aliphatic hydroxyl groups is 4. The first-order chi connectivity index (χ1) is 55.0. The molecule has 22 nitrogen and oxygen atoms in total. The Hall–Kier alpha value is -7.72. The monoisotopic (exact) mass is 1890 g/mol. The zero-order valence-electron chi connectivity index (χ0n) is 62.1. The van der Waals surface area contributed by atoms with Crippen LogP contribution in [0.15, 0.2) is 185 Å². The van der Waals surface area contributed by atoms with Crippen LogP contribution in [-0.2, 0) is 30.2 Å². The van der Waals surface area contributed by atoms with Gasteiger partial charge in [-0.25, -0.2) is 15.0 Å². The molecule has 620 valence electrons. The van der Waals surface area contributed by atoms with Crippen molar-refractivity contribution >= 4 is 167 Å². The molecule has 15 rings (SSSR count). The predicted molar refractivity (Wildman–Crippen MR) is 464 cm³/mol. The van der Waals surface area contributed by atoms with Gasteiger partial charge in [0.15, 0.2) is 0 Å². The van der Waals surface area contributed by atoms with Crippen LogP contribution in [0, 0.1) is 6.92 Å². The van der Waals surface area contributed by atoms with Gasteiger partial charge in [-0.05, 0) is 132 Å². The van der Waals surface area contributed by atoms with Gasteiger partial charge in [-0.3, -0.25) is 34.8 Å². The van der Waals surface area contributed by atoms with E-state index in [2.05, 4.69) is 80.0 Å². The third kappa shape index (κ3) is 27.7. The Morgan fingerprint density at radius 1 is 0.419 bits per heavy atom. The summed E-state index contributed by atoms with van der Waals surface area (Å²) in [5, 5.41) is 88.5. The van der Waals surface area contributed by atoms with Gasteiger partial charge in [-0.2, -0.15) is 18.6 Å². The average molecular weight is 1900 g/mol. The maximum atomic E-state index is 12.9. The predicted octanol–water partition coefficient (Wildman–Crippen LogP) is 17.2. The number of aliphatic hydroxyl groups excluding tert-OH is 4. The number of aromatic nitrogens is 7. The Balaban J connectivity index is 0.000000230. The molecule has 4 fully saturated rings. The molecular formula is C86H100Br2Cl6N11O11Zn+3. The topological polar surface area (TPSA) is 321 Å². The molecule has 0 unspecified atom stereocenters. The summed E-state index contributed by atoms with van der Waals surface area (Å²) in [4.78, 5) is 67.1. The van der Waals surface area contributed by atoms with E-state index in [1.807, 2.05) is 91.0 Å². The van der Waals surface area contributed by atoms with Crippen LogP contribution in [-0.4, -0.2) is 134 Å². The molecule has 0 bridgehead atoms. The molecule has 0 saturated heterocycles. The van der Waals surface area contributed by atoms with E-state index in [4.69, 9.17) is 67.7 Å². The van der Waals surface area contributed by atoms with E-state index >= 15 is 0 Å². The summed E-state index contributed by atoms with van der Waals surface area (Å²) in [6, 6.07) is 46.2.